The Morgan fingerprint density at radius 1 is 1.11 bits per heavy atom. The number of benzene rings is 2. The molecule has 140 valence electrons. The largest absolute Gasteiger partial charge is 0.497 e. The van der Waals surface area contributed by atoms with Crippen LogP contribution in [0.1, 0.15) is 0 Å². The number of H-pyrrole nitrogens is 1. The number of ether oxygens (including phenoxy) is 1. The minimum Gasteiger partial charge on any atom is -0.497 e. The van der Waals surface area contributed by atoms with E-state index in [0.29, 0.717) is 27.8 Å². The van der Waals surface area contributed by atoms with Gasteiger partial charge in [-0.1, -0.05) is 11.6 Å². The number of rotatable bonds is 5. The van der Waals surface area contributed by atoms with Crippen molar-refractivity contribution in [2.75, 3.05) is 12.4 Å². The van der Waals surface area contributed by atoms with Crippen LogP contribution < -0.4 is 15.6 Å². The maximum Gasteiger partial charge on any atom is 0.257 e. The standard InChI is InChI=1S/C20H16ClN5O2/c1-28-16-8-4-14(5-9-16)24-18-10-19(27)26(15-6-2-13(21)3-7-15)11-17(18)20-22-12-23-25-20/h2-12,24H,1H3,(H,22,23,25). The van der Waals surface area contributed by atoms with E-state index in [4.69, 9.17) is 16.3 Å². The molecule has 2 aromatic carbocycles. The molecule has 2 heterocycles. The van der Waals surface area contributed by atoms with Crippen molar-refractivity contribution in [3.8, 4) is 22.8 Å². The van der Waals surface area contributed by atoms with Crippen LogP contribution in [-0.2, 0) is 0 Å². The van der Waals surface area contributed by atoms with Gasteiger partial charge in [-0.3, -0.25) is 14.5 Å². The van der Waals surface area contributed by atoms with E-state index in [2.05, 4.69) is 20.5 Å². The Morgan fingerprint density at radius 2 is 1.86 bits per heavy atom. The maximum atomic E-state index is 12.8. The van der Waals surface area contributed by atoms with Crippen LogP contribution in [0.25, 0.3) is 17.1 Å². The Hall–Kier alpha value is -3.58. The van der Waals surface area contributed by atoms with Crippen molar-refractivity contribution in [3.63, 3.8) is 0 Å². The molecule has 28 heavy (non-hydrogen) atoms. The number of halogens is 1. The summed E-state index contributed by atoms with van der Waals surface area (Å²) in [5.74, 6) is 1.22. The zero-order valence-electron chi connectivity index (χ0n) is 14.9. The van der Waals surface area contributed by atoms with E-state index in [1.54, 1.807) is 37.6 Å². The van der Waals surface area contributed by atoms with E-state index in [1.807, 2.05) is 24.3 Å². The van der Waals surface area contributed by atoms with Crippen LogP contribution in [0.3, 0.4) is 0 Å². The van der Waals surface area contributed by atoms with Gasteiger partial charge in [0.05, 0.1) is 18.4 Å². The summed E-state index contributed by atoms with van der Waals surface area (Å²) in [7, 11) is 1.61. The highest BCUT2D eigenvalue weighted by atomic mass is 35.5. The second kappa shape index (κ2) is 7.58. The van der Waals surface area contributed by atoms with Gasteiger partial charge in [-0.15, -0.1) is 0 Å². The third kappa shape index (κ3) is 3.60. The van der Waals surface area contributed by atoms with Crippen LogP contribution in [0.5, 0.6) is 5.75 Å². The van der Waals surface area contributed by atoms with Crippen LogP contribution in [0, 0.1) is 0 Å². The lowest BCUT2D eigenvalue weighted by atomic mass is 10.2. The van der Waals surface area contributed by atoms with E-state index in [1.165, 1.54) is 17.0 Å². The van der Waals surface area contributed by atoms with Crippen LogP contribution in [0.2, 0.25) is 5.02 Å². The SMILES string of the molecule is COc1ccc(Nc2cc(=O)n(-c3ccc(Cl)cc3)cc2-c2nc[nH]n2)cc1. The summed E-state index contributed by atoms with van der Waals surface area (Å²) in [6.07, 6.45) is 3.20. The Balaban J connectivity index is 1.80. The lowest BCUT2D eigenvalue weighted by molar-refractivity contribution is 0.415. The van der Waals surface area contributed by atoms with Crippen molar-refractivity contribution >= 4 is 23.0 Å². The molecule has 0 aliphatic carbocycles. The molecule has 0 aliphatic heterocycles. The van der Waals surface area contributed by atoms with Crippen LogP contribution in [0.15, 0.2) is 71.9 Å². The Kier molecular flexibility index (Phi) is 4.82. The monoisotopic (exact) mass is 393 g/mol. The Bertz CT molecular complexity index is 1140. The van der Waals surface area contributed by atoms with Crippen molar-refractivity contribution in [2.45, 2.75) is 0 Å². The van der Waals surface area contributed by atoms with E-state index in [9.17, 15) is 4.79 Å². The Labute approximate surface area is 165 Å². The van der Waals surface area contributed by atoms with Crippen molar-refractivity contribution in [2.24, 2.45) is 0 Å². The number of anilines is 2. The molecule has 4 rings (SSSR count). The predicted octanol–water partition coefficient (Wildman–Crippen LogP) is 4.03. The number of methoxy groups -OCH3 is 1. The van der Waals surface area contributed by atoms with Crippen LogP contribution in [-0.4, -0.2) is 26.9 Å². The highest BCUT2D eigenvalue weighted by molar-refractivity contribution is 6.30. The summed E-state index contributed by atoms with van der Waals surface area (Å²) >= 11 is 5.96. The molecule has 7 nitrogen and oxygen atoms in total. The minimum absolute atomic E-state index is 0.197. The molecule has 0 radical (unpaired) electrons. The van der Waals surface area contributed by atoms with Gasteiger partial charge in [0.15, 0.2) is 5.82 Å². The Morgan fingerprint density at radius 3 is 2.50 bits per heavy atom. The molecule has 0 atom stereocenters. The summed E-state index contributed by atoms with van der Waals surface area (Å²) in [5, 5.41) is 10.7. The van der Waals surface area contributed by atoms with Gasteiger partial charge in [0.1, 0.15) is 12.1 Å². The highest BCUT2D eigenvalue weighted by Gasteiger charge is 2.13. The van der Waals surface area contributed by atoms with E-state index < -0.39 is 0 Å². The lowest BCUT2D eigenvalue weighted by Gasteiger charge is -2.14. The summed E-state index contributed by atoms with van der Waals surface area (Å²) < 4.78 is 6.71. The summed E-state index contributed by atoms with van der Waals surface area (Å²) in [5.41, 5.74) is 2.58. The number of aromatic nitrogens is 4. The van der Waals surface area contributed by atoms with Crippen molar-refractivity contribution in [1.29, 1.82) is 0 Å². The molecule has 0 saturated heterocycles. The normalized spacial score (nSPS) is 10.6. The molecule has 0 spiro atoms. The van der Waals surface area contributed by atoms with E-state index >= 15 is 0 Å². The maximum absolute atomic E-state index is 12.8. The zero-order valence-corrected chi connectivity index (χ0v) is 15.6. The second-order valence-corrected chi connectivity index (χ2v) is 6.40. The fourth-order valence-electron chi connectivity index (χ4n) is 2.79. The fraction of sp³-hybridized carbons (Fsp3) is 0.0500. The smallest absolute Gasteiger partial charge is 0.257 e. The first-order chi connectivity index (χ1) is 13.6. The first-order valence-electron chi connectivity index (χ1n) is 8.44. The predicted molar refractivity (Wildman–Crippen MR) is 109 cm³/mol. The number of aromatic amines is 1. The van der Waals surface area contributed by atoms with Gasteiger partial charge in [-0.2, -0.15) is 5.10 Å². The van der Waals surface area contributed by atoms with Gasteiger partial charge in [-0.05, 0) is 48.5 Å². The molecule has 0 aliphatic rings. The fourth-order valence-corrected chi connectivity index (χ4v) is 2.91. The van der Waals surface area contributed by atoms with Crippen molar-refractivity contribution < 1.29 is 4.74 Å². The van der Waals surface area contributed by atoms with E-state index in [0.717, 1.165) is 11.4 Å². The number of hydrogen-bond acceptors (Lipinski definition) is 5. The van der Waals surface area contributed by atoms with Crippen LogP contribution >= 0.6 is 11.6 Å². The van der Waals surface area contributed by atoms with E-state index in [-0.39, 0.29) is 5.56 Å². The zero-order chi connectivity index (χ0) is 19.5. The number of nitrogens with zero attached hydrogens (tertiary/aromatic N) is 3. The molecule has 4 aromatic rings. The van der Waals surface area contributed by atoms with Crippen molar-refractivity contribution in [3.05, 3.63) is 82.5 Å². The van der Waals surface area contributed by atoms with Gasteiger partial charge in [-0.25, -0.2) is 4.98 Å². The average molecular weight is 394 g/mol. The molecule has 0 bridgehead atoms. The molecule has 2 N–H and O–H groups in total. The summed E-state index contributed by atoms with van der Waals surface area (Å²) in [6, 6.07) is 16.0. The topological polar surface area (TPSA) is 84.8 Å². The number of nitrogens with one attached hydrogen (secondary N) is 2. The number of pyridine rings is 1. The first kappa shape index (κ1) is 17.8. The third-order valence-electron chi connectivity index (χ3n) is 4.18. The van der Waals surface area contributed by atoms with Gasteiger partial charge in [0, 0.05) is 28.7 Å². The molecule has 0 unspecified atom stereocenters. The molecular formula is C20H16ClN5O2. The molecular weight excluding hydrogens is 378 g/mol. The highest BCUT2D eigenvalue weighted by Crippen LogP contribution is 2.28. The first-order valence-corrected chi connectivity index (χ1v) is 8.82. The average Bonchev–Trinajstić information content (AvgIpc) is 3.24. The van der Waals surface area contributed by atoms with Gasteiger partial charge in [0.2, 0.25) is 0 Å². The molecule has 0 saturated carbocycles. The van der Waals surface area contributed by atoms with Gasteiger partial charge < -0.3 is 10.1 Å². The van der Waals surface area contributed by atoms with Gasteiger partial charge >= 0.3 is 0 Å². The molecule has 2 aromatic heterocycles. The lowest BCUT2D eigenvalue weighted by Crippen LogP contribution is -2.18. The minimum atomic E-state index is -0.197. The molecule has 0 amide bonds. The van der Waals surface area contributed by atoms with Crippen LogP contribution in [0.4, 0.5) is 11.4 Å². The summed E-state index contributed by atoms with van der Waals surface area (Å²) in [4.78, 5) is 17.0. The second-order valence-electron chi connectivity index (χ2n) is 5.96. The molecule has 0 fully saturated rings. The number of hydrogen-bond donors (Lipinski definition) is 2. The molecule has 8 heteroatoms. The van der Waals surface area contributed by atoms with Crippen molar-refractivity contribution in [1.82, 2.24) is 19.7 Å². The van der Waals surface area contributed by atoms with Gasteiger partial charge in [0.25, 0.3) is 5.56 Å². The third-order valence-corrected chi connectivity index (χ3v) is 4.44. The summed E-state index contributed by atoms with van der Waals surface area (Å²) in [6.45, 7) is 0. The quantitative estimate of drug-likeness (QED) is 0.534.